The third kappa shape index (κ3) is 3.95. The Labute approximate surface area is 114 Å². The van der Waals surface area contributed by atoms with Crippen LogP contribution in [-0.2, 0) is 16.1 Å². The van der Waals surface area contributed by atoms with E-state index in [1.807, 2.05) is 4.57 Å². The van der Waals surface area contributed by atoms with Gasteiger partial charge in [-0.25, -0.2) is 0 Å². The molecule has 7 nitrogen and oxygen atoms in total. The Morgan fingerprint density at radius 1 is 1.47 bits per heavy atom. The molecule has 1 aromatic heterocycles. The van der Waals surface area contributed by atoms with E-state index in [0.29, 0.717) is 24.1 Å². The van der Waals surface area contributed by atoms with Crippen LogP contribution >= 0.6 is 11.8 Å². The fourth-order valence-electron chi connectivity index (χ4n) is 1.63. The average Bonchev–Trinajstić information content (AvgIpc) is 3.14. The average molecular weight is 284 g/mol. The molecule has 1 aliphatic rings. The summed E-state index contributed by atoms with van der Waals surface area (Å²) in [6, 6.07) is 0. The fourth-order valence-corrected chi connectivity index (χ4v) is 2.36. The van der Waals surface area contributed by atoms with Crippen molar-refractivity contribution >= 4 is 23.6 Å². The summed E-state index contributed by atoms with van der Waals surface area (Å²) in [4.78, 5) is 22.0. The maximum absolute atomic E-state index is 11.5. The first-order valence-corrected chi connectivity index (χ1v) is 7.08. The normalized spacial score (nSPS) is 14.4. The molecule has 0 bridgehead atoms. The van der Waals surface area contributed by atoms with Gasteiger partial charge in [-0.1, -0.05) is 11.8 Å². The maximum atomic E-state index is 11.5. The van der Waals surface area contributed by atoms with Crippen LogP contribution in [0, 0.1) is 12.8 Å². The number of carboxylic acids is 1. The van der Waals surface area contributed by atoms with Crippen molar-refractivity contribution in [3.8, 4) is 0 Å². The molecule has 0 radical (unpaired) electrons. The number of carbonyl (C=O) groups excluding carboxylic acids is 1. The van der Waals surface area contributed by atoms with E-state index in [9.17, 15) is 9.59 Å². The molecule has 104 valence electrons. The molecule has 2 rings (SSSR count). The molecule has 19 heavy (non-hydrogen) atoms. The Hall–Kier alpha value is -1.57. The van der Waals surface area contributed by atoms with Gasteiger partial charge >= 0.3 is 5.97 Å². The highest BCUT2D eigenvalue weighted by molar-refractivity contribution is 7.99. The third-order valence-electron chi connectivity index (χ3n) is 2.81. The van der Waals surface area contributed by atoms with Crippen molar-refractivity contribution in [2.45, 2.75) is 31.5 Å². The molecular weight excluding hydrogens is 268 g/mol. The molecule has 1 amide bonds. The summed E-state index contributed by atoms with van der Waals surface area (Å²) in [5, 5.41) is 19.9. The van der Waals surface area contributed by atoms with Crippen molar-refractivity contribution in [3.63, 3.8) is 0 Å². The molecule has 0 aromatic carbocycles. The molecule has 8 heteroatoms. The van der Waals surface area contributed by atoms with Crippen LogP contribution in [0.3, 0.4) is 0 Å². The highest BCUT2D eigenvalue weighted by Crippen LogP contribution is 2.28. The molecule has 1 heterocycles. The molecule has 0 spiro atoms. The van der Waals surface area contributed by atoms with E-state index >= 15 is 0 Å². The monoisotopic (exact) mass is 284 g/mol. The number of amides is 1. The van der Waals surface area contributed by atoms with Gasteiger partial charge in [0.1, 0.15) is 5.82 Å². The Kier molecular flexibility index (Phi) is 4.41. The van der Waals surface area contributed by atoms with Crippen LogP contribution in [0.4, 0.5) is 0 Å². The molecule has 2 N–H and O–H groups in total. The van der Waals surface area contributed by atoms with Crippen LogP contribution in [0.1, 0.15) is 18.7 Å². The molecule has 1 aromatic rings. The number of aliphatic carboxylic acids is 1. The van der Waals surface area contributed by atoms with E-state index in [1.165, 1.54) is 0 Å². The summed E-state index contributed by atoms with van der Waals surface area (Å²) in [6.45, 7) is 2.87. The molecule has 1 fully saturated rings. The summed E-state index contributed by atoms with van der Waals surface area (Å²) < 4.78 is 1.82. The van der Waals surface area contributed by atoms with Crippen molar-refractivity contribution in [2.75, 3.05) is 12.3 Å². The highest BCUT2D eigenvalue weighted by atomic mass is 32.2. The standard InChI is InChI=1S/C11H16N4O3S/c1-7-13-14-11(19-6-9(16)17)15(7)5-4-12-10(18)8-2-3-8/h8H,2-6H2,1H3,(H,12,18)(H,16,17). The Bertz CT molecular complexity index is 484. The van der Waals surface area contributed by atoms with Crippen molar-refractivity contribution in [1.29, 1.82) is 0 Å². The van der Waals surface area contributed by atoms with Crippen LogP contribution in [0.5, 0.6) is 0 Å². The Morgan fingerprint density at radius 3 is 2.84 bits per heavy atom. The van der Waals surface area contributed by atoms with Gasteiger partial charge in [-0.15, -0.1) is 10.2 Å². The smallest absolute Gasteiger partial charge is 0.313 e. The summed E-state index contributed by atoms with van der Waals surface area (Å²) in [5.41, 5.74) is 0. The molecule has 0 saturated heterocycles. The van der Waals surface area contributed by atoms with Gasteiger partial charge in [-0.3, -0.25) is 9.59 Å². The van der Waals surface area contributed by atoms with Gasteiger partial charge in [0.2, 0.25) is 5.91 Å². The third-order valence-corrected chi connectivity index (χ3v) is 3.76. The first kappa shape index (κ1) is 13.9. The zero-order chi connectivity index (χ0) is 13.8. The number of carbonyl (C=O) groups is 2. The zero-order valence-corrected chi connectivity index (χ0v) is 11.4. The maximum Gasteiger partial charge on any atom is 0.313 e. The second-order valence-corrected chi connectivity index (χ2v) is 5.37. The van der Waals surface area contributed by atoms with E-state index in [-0.39, 0.29) is 17.6 Å². The minimum absolute atomic E-state index is 0.0490. The summed E-state index contributed by atoms with van der Waals surface area (Å²) in [5.74, 6) is 0.0770. The van der Waals surface area contributed by atoms with Crippen molar-refractivity contribution in [3.05, 3.63) is 5.82 Å². The van der Waals surface area contributed by atoms with Crippen LogP contribution in [0.2, 0.25) is 0 Å². The van der Waals surface area contributed by atoms with Gasteiger partial charge in [0.15, 0.2) is 5.16 Å². The SMILES string of the molecule is Cc1nnc(SCC(=O)O)n1CCNC(=O)C1CC1. The number of rotatable bonds is 7. The number of nitrogens with zero attached hydrogens (tertiary/aromatic N) is 3. The lowest BCUT2D eigenvalue weighted by molar-refractivity contribution is -0.134. The minimum atomic E-state index is -0.890. The van der Waals surface area contributed by atoms with E-state index in [4.69, 9.17) is 5.11 Å². The minimum Gasteiger partial charge on any atom is -0.481 e. The van der Waals surface area contributed by atoms with Crippen LogP contribution in [0.15, 0.2) is 5.16 Å². The summed E-state index contributed by atoms with van der Waals surface area (Å²) in [6.07, 6.45) is 1.97. The fraction of sp³-hybridized carbons (Fsp3) is 0.636. The van der Waals surface area contributed by atoms with E-state index < -0.39 is 5.97 Å². The number of hydrogen-bond donors (Lipinski definition) is 2. The number of thioether (sulfide) groups is 1. The van der Waals surface area contributed by atoms with Crippen LogP contribution in [0.25, 0.3) is 0 Å². The largest absolute Gasteiger partial charge is 0.481 e. The molecular formula is C11H16N4O3S. The Morgan fingerprint density at radius 2 is 2.21 bits per heavy atom. The molecule has 0 unspecified atom stereocenters. The van der Waals surface area contributed by atoms with Gasteiger partial charge in [0.25, 0.3) is 0 Å². The molecule has 0 aliphatic heterocycles. The van der Waals surface area contributed by atoms with E-state index in [1.54, 1.807) is 6.92 Å². The molecule has 1 saturated carbocycles. The topological polar surface area (TPSA) is 97.1 Å². The van der Waals surface area contributed by atoms with Crippen LogP contribution < -0.4 is 5.32 Å². The lowest BCUT2D eigenvalue weighted by atomic mass is 10.4. The number of nitrogens with one attached hydrogen (secondary N) is 1. The predicted molar refractivity (Wildman–Crippen MR) is 68.9 cm³/mol. The lowest BCUT2D eigenvalue weighted by Crippen LogP contribution is -2.28. The number of hydrogen-bond acceptors (Lipinski definition) is 5. The molecule has 0 atom stereocenters. The molecule has 1 aliphatic carbocycles. The summed E-state index contributed by atoms with van der Waals surface area (Å²) >= 11 is 1.13. The number of aryl methyl sites for hydroxylation is 1. The zero-order valence-electron chi connectivity index (χ0n) is 10.6. The highest BCUT2D eigenvalue weighted by Gasteiger charge is 2.29. The second-order valence-electron chi connectivity index (χ2n) is 4.43. The van der Waals surface area contributed by atoms with Gasteiger partial charge in [-0.05, 0) is 19.8 Å². The van der Waals surface area contributed by atoms with Crippen LogP contribution in [-0.4, -0.2) is 44.0 Å². The first-order valence-electron chi connectivity index (χ1n) is 6.10. The van der Waals surface area contributed by atoms with E-state index in [0.717, 1.165) is 24.6 Å². The van der Waals surface area contributed by atoms with Gasteiger partial charge < -0.3 is 15.0 Å². The van der Waals surface area contributed by atoms with Gasteiger partial charge in [-0.2, -0.15) is 0 Å². The Balaban J connectivity index is 1.85. The lowest BCUT2D eigenvalue weighted by Gasteiger charge is -2.08. The second kappa shape index (κ2) is 6.05. The predicted octanol–water partition coefficient (Wildman–Crippen LogP) is 0.289. The van der Waals surface area contributed by atoms with Crippen molar-refractivity contribution < 1.29 is 14.7 Å². The van der Waals surface area contributed by atoms with Crippen molar-refractivity contribution in [2.24, 2.45) is 5.92 Å². The summed E-state index contributed by atoms with van der Waals surface area (Å²) in [7, 11) is 0. The van der Waals surface area contributed by atoms with Gasteiger partial charge in [0, 0.05) is 19.0 Å². The number of carboxylic acid groups (broad SMARTS) is 1. The van der Waals surface area contributed by atoms with Crippen molar-refractivity contribution in [1.82, 2.24) is 20.1 Å². The van der Waals surface area contributed by atoms with Gasteiger partial charge in [0.05, 0.1) is 5.75 Å². The van der Waals surface area contributed by atoms with E-state index in [2.05, 4.69) is 15.5 Å². The quantitative estimate of drug-likeness (QED) is 0.698. The number of aromatic nitrogens is 3. The first-order chi connectivity index (χ1) is 9.08.